The first kappa shape index (κ1) is 16.0. The summed E-state index contributed by atoms with van der Waals surface area (Å²) in [5.74, 6) is 0.431. The van der Waals surface area contributed by atoms with Crippen LogP contribution in [0.4, 0.5) is 5.69 Å². The summed E-state index contributed by atoms with van der Waals surface area (Å²) in [6.07, 6.45) is -0.0202. The summed E-state index contributed by atoms with van der Waals surface area (Å²) in [5.41, 5.74) is 1.13. The van der Waals surface area contributed by atoms with Crippen molar-refractivity contribution >= 4 is 11.6 Å². The van der Waals surface area contributed by atoms with Gasteiger partial charge in [-0.15, -0.1) is 0 Å². The van der Waals surface area contributed by atoms with E-state index in [1.54, 1.807) is 20.1 Å². The molecule has 0 spiro atoms. The smallest absolute Gasteiger partial charge is 0.227 e. The summed E-state index contributed by atoms with van der Waals surface area (Å²) in [6.45, 7) is 3.55. The quantitative estimate of drug-likeness (QED) is 0.891. The van der Waals surface area contributed by atoms with Crippen molar-refractivity contribution in [2.45, 2.75) is 25.9 Å². The number of aliphatic hydroxyl groups is 1. The van der Waals surface area contributed by atoms with Gasteiger partial charge in [-0.2, -0.15) is 0 Å². The van der Waals surface area contributed by atoms with Crippen molar-refractivity contribution in [2.75, 3.05) is 12.4 Å². The minimum atomic E-state index is -1.21. The van der Waals surface area contributed by atoms with E-state index in [1.165, 1.54) is 0 Å². The normalized spacial score (nSPS) is 13.3. The average Bonchev–Trinajstić information content (AvgIpc) is 2.50. The second-order valence-electron chi connectivity index (χ2n) is 5.55. The van der Waals surface area contributed by atoms with Crippen molar-refractivity contribution in [3.05, 3.63) is 59.7 Å². The van der Waals surface area contributed by atoms with Crippen LogP contribution in [-0.2, 0) is 10.4 Å². The number of hydrogen-bond donors (Lipinski definition) is 2. The van der Waals surface area contributed by atoms with Crippen molar-refractivity contribution < 1.29 is 14.6 Å². The van der Waals surface area contributed by atoms with Crippen molar-refractivity contribution in [3.8, 4) is 5.75 Å². The van der Waals surface area contributed by atoms with Crippen LogP contribution in [0.25, 0.3) is 0 Å². The van der Waals surface area contributed by atoms with Crippen LogP contribution in [0, 0.1) is 6.92 Å². The van der Waals surface area contributed by atoms with Crippen molar-refractivity contribution in [1.29, 1.82) is 0 Å². The van der Waals surface area contributed by atoms with Crippen LogP contribution in [0.15, 0.2) is 48.5 Å². The zero-order valence-electron chi connectivity index (χ0n) is 13.1. The van der Waals surface area contributed by atoms with Crippen LogP contribution in [0.1, 0.15) is 24.5 Å². The number of carbonyl (C=O) groups excluding carboxylic acids is 1. The van der Waals surface area contributed by atoms with Gasteiger partial charge in [-0.05, 0) is 31.0 Å². The van der Waals surface area contributed by atoms with Gasteiger partial charge in [-0.25, -0.2) is 0 Å². The molecule has 0 aliphatic rings. The molecule has 1 unspecified atom stereocenters. The Balaban J connectivity index is 2.10. The van der Waals surface area contributed by atoms with Gasteiger partial charge < -0.3 is 15.2 Å². The molecule has 0 bridgehead atoms. The second kappa shape index (κ2) is 6.62. The summed E-state index contributed by atoms with van der Waals surface area (Å²) in [6, 6.07) is 14.7. The SMILES string of the molecule is COc1ccc(C)c(NC(=O)CC(C)(O)c2ccccc2)c1. The van der Waals surface area contributed by atoms with Gasteiger partial charge >= 0.3 is 0 Å². The number of rotatable bonds is 5. The van der Waals surface area contributed by atoms with Crippen LogP contribution < -0.4 is 10.1 Å². The van der Waals surface area contributed by atoms with Crippen LogP contribution >= 0.6 is 0 Å². The average molecular weight is 299 g/mol. The highest BCUT2D eigenvalue weighted by Gasteiger charge is 2.26. The molecular formula is C18H21NO3. The minimum absolute atomic E-state index is 0.0202. The third-order valence-corrected chi connectivity index (χ3v) is 3.62. The van der Waals surface area contributed by atoms with E-state index < -0.39 is 5.60 Å². The highest BCUT2D eigenvalue weighted by atomic mass is 16.5. The van der Waals surface area contributed by atoms with Gasteiger partial charge in [0.15, 0.2) is 0 Å². The number of hydrogen-bond acceptors (Lipinski definition) is 3. The number of nitrogens with one attached hydrogen (secondary N) is 1. The van der Waals surface area contributed by atoms with Crippen molar-refractivity contribution in [3.63, 3.8) is 0 Å². The molecule has 2 N–H and O–H groups in total. The lowest BCUT2D eigenvalue weighted by atomic mass is 9.92. The van der Waals surface area contributed by atoms with Crippen LogP contribution in [0.5, 0.6) is 5.75 Å². The summed E-state index contributed by atoms with van der Waals surface area (Å²) in [7, 11) is 1.58. The molecule has 0 aliphatic carbocycles. The fourth-order valence-corrected chi connectivity index (χ4v) is 2.27. The van der Waals surface area contributed by atoms with Crippen molar-refractivity contribution in [2.24, 2.45) is 0 Å². The minimum Gasteiger partial charge on any atom is -0.497 e. The molecule has 1 amide bonds. The molecule has 0 fully saturated rings. The Bertz CT molecular complexity index is 651. The van der Waals surface area contributed by atoms with E-state index in [2.05, 4.69) is 5.32 Å². The molecule has 0 aromatic heterocycles. The monoisotopic (exact) mass is 299 g/mol. The summed E-state index contributed by atoms with van der Waals surface area (Å²) < 4.78 is 5.16. The van der Waals surface area contributed by atoms with Gasteiger partial charge in [0.05, 0.1) is 19.1 Å². The van der Waals surface area contributed by atoms with E-state index in [9.17, 15) is 9.90 Å². The summed E-state index contributed by atoms with van der Waals surface area (Å²) >= 11 is 0. The first-order valence-electron chi connectivity index (χ1n) is 7.15. The molecule has 0 saturated heterocycles. The fourth-order valence-electron chi connectivity index (χ4n) is 2.27. The van der Waals surface area contributed by atoms with Crippen LogP contribution in [0.3, 0.4) is 0 Å². The van der Waals surface area contributed by atoms with E-state index in [0.717, 1.165) is 5.56 Å². The Morgan fingerprint density at radius 3 is 2.55 bits per heavy atom. The molecule has 116 valence electrons. The Kier molecular flexibility index (Phi) is 4.83. The number of carbonyl (C=O) groups is 1. The maximum absolute atomic E-state index is 12.2. The molecule has 0 saturated carbocycles. The molecule has 2 aromatic carbocycles. The Hall–Kier alpha value is -2.33. The van der Waals surface area contributed by atoms with Crippen LogP contribution in [0.2, 0.25) is 0 Å². The molecule has 4 nitrogen and oxygen atoms in total. The van der Waals surface area contributed by atoms with E-state index in [0.29, 0.717) is 17.0 Å². The van der Waals surface area contributed by atoms with Gasteiger partial charge in [-0.1, -0.05) is 36.4 Å². The molecule has 22 heavy (non-hydrogen) atoms. The largest absolute Gasteiger partial charge is 0.497 e. The number of benzene rings is 2. The number of ether oxygens (including phenoxy) is 1. The molecule has 4 heteroatoms. The first-order chi connectivity index (χ1) is 10.4. The second-order valence-corrected chi connectivity index (χ2v) is 5.55. The number of aryl methyl sites for hydroxylation is 1. The van der Waals surface area contributed by atoms with Gasteiger partial charge in [0.25, 0.3) is 0 Å². The Morgan fingerprint density at radius 2 is 1.91 bits per heavy atom. The Morgan fingerprint density at radius 1 is 1.23 bits per heavy atom. The molecule has 2 rings (SSSR count). The molecule has 2 aromatic rings. The Labute approximate surface area is 130 Å². The van der Waals surface area contributed by atoms with Gasteiger partial charge in [0, 0.05) is 11.8 Å². The van der Waals surface area contributed by atoms with Gasteiger partial charge in [0.2, 0.25) is 5.91 Å². The molecule has 0 heterocycles. The van der Waals surface area contributed by atoms with Gasteiger partial charge in [-0.3, -0.25) is 4.79 Å². The van der Waals surface area contributed by atoms with Crippen molar-refractivity contribution in [1.82, 2.24) is 0 Å². The highest BCUT2D eigenvalue weighted by molar-refractivity contribution is 5.92. The predicted octanol–water partition coefficient (Wildman–Crippen LogP) is 3.24. The lowest BCUT2D eigenvalue weighted by molar-refractivity contribution is -0.120. The fraction of sp³-hybridized carbons (Fsp3) is 0.278. The standard InChI is InChI=1S/C18H21NO3/c1-13-9-10-15(22-3)11-16(13)19-17(20)12-18(2,21)14-7-5-4-6-8-14/h4-11,21H,12H2,1-3H3,(H,19,20). The van der Waals surface area contributed by atoms with Gasteiger partial charge in [0.1, 0.15) is 5.75 Å². The first-order valence-corrected chi connectivity index (χ1v) is 7.15. The number of anilines is 1. The maximum atomic E-state index is 12.2. The third kappa shape index (κ3) is 3.86. The number of methoxy groups -OCH3 is 1. The topological polar surface area (TPSA) is 58.6 Å². The highest BCUT2D eigenvalue weighted by Crippen LogP contribution is 2.26. The van der Waals surface area contributed by atoms with Crippen LogP contribution in [-0.4, -0.2) is 18.1 Å². The molecular weight excluding hydrogens is 278 g/mol. The summed E-state index contributed by atoms with van der Waals surface area (Å²) in [4.78, 5) is 12.2. The van der Waals surface area contributed by atoms with E-state index in [-0.39, 0.29) is 12.3 Å². The number of amides is 1. The maximum Gasteiger partial charge on any atom is 0.227 e. The third-order valence-electron chi connectivity index (χ3n) is 3.62. The lowest BCUT2D eigenvalue weighted by Gasteiger charge is -2.23. The van der Waals surface area contributed by atoms with E-state index >= 15 is 0 Å². The zero-order chi connectivity index (χ0) is 16.2. The molecule has 0 radical (unpaired) electrons. The molecule has 0 aliphatic heterocycles. The predicted molar refractivity (Wildman–Crippen MR) is 87.0 cm³/mol. The van der Waals surface area contributed by atoms with E-state index in [1.807, 2.05) is 49.4 Å². The van der Waals surface area contributed by atoms with E-state index in [4.69, 9.17) is 4.74 Å². The molecule has 1 atom stereocenters. The lowest BCUT2D eigenvalue weighted by Crippen LogP contribution is -2.28. The summed E-state index contributed by atoms with van der Waals surface area (Å²) in [5, 5.41) is 13.4. The zero-order valence-corrected chi connectivity index (χ0v) is 13.1.